The Bertz CT molecular complexity index is 1690. The fraction of sp³-hybridized carbons (Fsp3) is 0.676. The topological polar surface area (TPSA) is 97.7 Å². The first-order valence-corrected chi connectivity index (χ1v) is 20.4. The summed E-state index contributed by atoms with van der Waals surface area (Å²) < 4.78 is 70.3. The molecule has 45 heavy (non-hydrogen) atoms. The van der Waals surface area contributed by atoms with E-state index in [-0.39, 0.29) is 34.0 Å². The molecule has 6 bridgehead atoms. The van der Waals surface area contributed by atoms with Gasteiger partial charge in [0.2, 0.25) is 0 Å². The summed E-state index contributed by atoms with van der Waals surface area (Å²) in [5, 5.41) is 0. The second-order valence-corrected chi connectivity index (χ2v) is 19.0. The second-order valence-electron chi connectivity index (χ2n) is 16.2. The molecule has 0 spiro atoms. The summed E-state index contributed by atoms with van der Waals surface area (Å²) in [6, 6.07) is 7.58. The van der Waals surface area contributed by atoms with E-state index in [2.05, 4.69) is 12.1 Å². The number of hydrogen-bond acceptors (Lipinski definition) is 5. The molecule has 6 saturated carbocycles. The number of fused-ring (bicyclic) bond motifs is 6. The van der Waals surface area contributed by atoms with Crippen molar-refractivity contribution in [3.8, 4) is 5.75 Å². The molecule has 6 nitrogen and oxygen atoms in total. The lowest BCUT2D eigenvalue weighted by Gasteiger charge is -2.32. The molecule has 0 saturated heterocycles. The highest BCUT2D eigenvalue weighted by Gasteiger charge is 2.48. The van der Waals surface area contributed by atoms with Crippen LogP contribution in [-0.4, -0.2) is 21.4 Å². The fourth-order valence-corrected chi connectivity index (χ4v) is 13.9. The molecule has 0 heterocycles. The van der Waals surface area contributed by atoms with E-state index >= 15 is 0 Å². The molecule has 0 radical (unpaired) electrons. The van der Waals surface area contributed by atoms with Gasteiger partial charge in [-0.25, -0.2) is 0 Å². The summed E-state index contributed by atoms with van der Waals surface area (Å²) in [5.74, 6) is 4.79. The van der Waals surface area contributed by atoms with Crippen molar-refractivity contribution in [1.29, 1.82) is 0 Å². The Kier molecular flexibility index (Phi) is 7.31. The lowest BCUT2D eigenvalue weighted by atomic mass is 9.75. The van der Waals surface area contributed by atoms with Crippen molar-refractivity contribution >= 4 is 20.2 Å². The number of aryl methyl sites for hydroxylation is 1. The summed E-state index contributed by atoms with van der Waals surface area (Å²) in [5.41, 5.74) is 4.04. The quantitative estimate of drug-likeness (QED) is 0.226. The molecule has 6 fully saturated rings. The van der Waals surface area contributed by atoms with Crippen LogP contribution in [0, 0.1) is 42.4 Å². The van der Waals surface area contributed by atoms with Crippen molar-refractivity contribution < 1.29 is 25.6 Å². The molecule has 2 aromatic carbocycles. The molecule has 2 aromatic rings. The third kappa shape index (κ3) is 5.20. The molecule has 0 aliphatic heterocycles. The first-order valence-electron chi connectivity index (χ1n) is 17.6. The van der Waals surface area contributed by atoms with Crippen molar-refractivity contribution in [1.82, 2.24) is 0 Å². The highest BCUT2D eigenvalue weighted by molar-refractivity contribution is 7.87. The molecule has 8 rings (SSSR count). The van der Waals surface area contributed by atoms with Gasteiger partial charge < -0.3 is 4.18 Å². The maximum atomic E-state index is 14.8. The molecule has 0 amide bonds. The summed E-state index contributed by atoms with van der Waals surface area (Å²) in [4.78, 5) is 0.259. The maximum Gasteiger partial charge on any atom is 0.339 e. The maximum absolute atomic E-state index is 14.8. The Morgan fingerprint density at radius 3 is 1.56 bits per heavy atom. The molecule has 9 unspecified atom stereocenters. The summed E-state index contributed by atoms with van der Waals surface area (Å²) in [6.07, 6.45) is 14.5. The fourth-order valence-electron chi connectivity index (χ4n) is 11.4. The highest BCUT2D eigenvalue weighted by Crippen LogP contribution is 2.60. The van der Waals surface area contributed by atoms with Gasteiger partial charge >= 0.3 is 10.1 Å². The summed E-state index contributed by atoms with van der Waals surface area (Å²) in [6.45, 7) is 5.24. The predicted octanol–water partition coefficient (Wildman–Crippen LogP) is 8.84. The van der Waals surface area contributed by atoms with Gasteiger partial charge in [-0.3, -0.25) is 4.55 Å². The zero-order valence-corrected chi connectivity index (χ0v) is 28.5. The Hall–Kier alpha value is -1.90. The largest absolute Gasteiger partial charge is 0.379 e. The van der Waals surface area contributed by atoms with E-state index in [1.165, 1.54) is 81.9 Å². The zero-order valence-electron chi connectivity index (χ0n) is 26.9. The van der Waals surface area contributed by atoms with Crippen LogP contribution in [0.1, 0.15) is 142 Å². The smallest absolute Gasteiger partial charge is 0.339 e. The number of hydrogen-bond donors (Lipinski definition) is 1. The Labute approximate surface area is 269 Å². The minimum atomic E-state index is -4.49. The molecule has 244 valence electrons. The highest BCUT2D eigenvalue weighted by atomic mass is 32.2. The van der Waals surface area contributed by atoms with E-state index in [0.29, 0.717) is 46.0 Å². The predicted molar refractivity (Wildman–Crippen MR) is 174 cm³/mol. The standard InChI is InChI=1S/C37H48O6S2/c1-20(2)30-19-29(10-21(3)36(30)44(38,39)40)43-45(41,42)37-34(32-15-23-5-8-26(32)12-23)17-28(31-14-22-4-7-25(31)11-22)18-35(37)33-16-24-6-9-27(33)13-24/h10,17-20,22-27,31-33H,4-9,11-16H2,1-3H3,(H,38,39,40). The van der Waals surface area contributed by atoms with Crippen LogP contribution in [0.15, 0.2) is 34.1 Å². The summed E-state index contributed by atoms with van der Waals surface area (Å²) in [7, 11) is -8.74. The van der Waals surface area contributed by atoms with Crippen LogP contribution >= 0.6 is 0 Å². The van der Waals surface area contributed by atoms with Crippen LogP contribution in [0.3, 0.4) is 0 Å². The van der Waals surface area contributed by atoms with E-state index in [1.54, 1.807) is 6.92 Å². The van der Waals surface area contributed by atoms with Gasteiger partial charge in [0.05, 0.1) is 0 Å². The molecule has 9 atom stereocenters. The molecular weight excluding hydrogens is 605 g/mol. The normalized spacial score (nSPS) is 35.3. The van der Waals surface area contributed by atoms with Gasteiger partial charge in [0.15, 0.2) is 0 Å². The third-order valence-corrected chi connectivity index (χ3v) is 15.7. The second kappa shape index (κ2) is 10.8. The monoisotopic (exact) mass is 652 g/mol. The van der Waals surface area contributed by atoms with Crippen molar-refractivity contribution in [2.75, 3.05) is 0 Å². The first-order chi connectivity index (χ1) is 21.4. The van der Waals surface area contributed by atoms with E-state index in [0.717, 1.165) is 29.9 Å². The SMILES string of the molecule is Cc1cc(OS(=O)(=O)c2c(C3CC4CCC3C4)cc(C3CC4CCC3C4)cc2C2CC3CCC2C3)cc(C(C)C)c1S(=O)(=O)O. The van der Waals surface area contributed by atoms with Crippen LogP contribution in [0.4, 0.5) is 0 Å². The van der Waals surface area contributed by atoms with Crippen LogP contribution in [0.25, 0.3) is 0 Å². The van der Waals surface area contributed by atoms with E-state index in [4.69, 9.17) is 4.18 Å². The van der Waals surface area contributed by atoms with Gasteiger partial charge in [0.25, 0.3) is 10.1 Å². The third-order valence-electron chi connectivity index (χ3n) is 13.2. The van der Waals surface area contributed by atoms with Gasteiger partial charge in [-0.05, 0) is 164 Å². The van der Waals surface area contributed by atoms with Crippen molar-refractivity contribution in [2.45, 2.75) is 131 Å². The Morgan fingerprint density at radius 1 is 0.667 bits per heavy atom. The molecule has 8 heteroatoms. The molecule has 6 aliphatic rings. The molecule has 6 aliphatic carbocycles. The van der Waals surface area contributed by atoms with Gasteiger partial charge in [-0.2, -0.15) is 16.8 Å². The molecular formula is C37H48O6S2. The van der Waals surface area contributed by atoms with Crippen molar-refractivity contribution in [3.05, 3.63) is 52.1 Å². The van der Waals surface area contributed by atoms with E-state index < -0.39 is 20.2 Å². The lowest BCUT2D eigenvalue weighted by Crippen LogP contribution is -2.23. The summed E-state index contributed by atoms with van der Waals surface area (Å²) >= 11 is 0. The number of benzene rings is 2. The first kappa shape index (κ1) is 30.4. The van der Waals surface area contributed by atoms with Crippen molar-refractivity contribution in [2.24, 2.45) is 35.5 Å². The minimum Gasteiger partial charge on any atom is -0.379 e. The minimum absolute atomic E-state index is 0.110. The van der Waals surface area contributed by atoms with Crippen LogP contribution < -0.4 is 4.18 Å². The van der Waals surface area contributed by atoms with Gasteiger partial charge in [-0.1, -0.05) is 45.2 Å². The van der Waals surface area contributed by atoms with Crippen LogP contribution in [-0.2, 0) is 20.2 Å². The van der Waals surface area contributed by atoms with E-state index in [1.807, 2.05) is 13.8 Å². The van der Waals surface area contributed by atoms with Crippen molar-refractivity contribution in [3.63, 3.8) is 0 Å². The zero-order chi connectivity index (χ0) is 31.4. The Morgan fingerprint density at radius 2 is 1.16 bits per heavy atom. The molecule has 0 aromatic heterocycles. The molecule has 1 N–H and O–H groups in total. The van der Waals surface area contributed by atoms with Crippen LogP contribution in [0.2, 0.25) is 0 Å². The van der Waals surface area contributed by atoms with Gasteiger partial charge in [-0.15, -0.1) is 0 Å². The number of rotatable bonds is 8. The van der Waals surface area contributed by atoms with Crippen LogP contribution in [0.5, 0.6) is 5.75 Å². The van der Waals surface area contributed by atoms with E-state index in [9.17, 15) is 21.4 Å². The Balaban J connectivity index is 1.29. The average molecular weight is 653 g/mol. The average Bonchev–Trinajstić information content (AvgIpc) is 3.83. The lowest BCUT2D eigenvalue weighted by molar-refractivity contribution is 0.392. The van der Waals surface area contributed by atoms with Gasteiger partial charge in [0, 0.05) is 0 Å². The van der Waals surface area contributed by atoms with Gasteiger partial charge in [0.1, 0.15) is 15.5 Å².